The molecule has 2 rings (SSSR count). The van der Waals surface area contributed by atoms with Crippen molar-refractivity contribution in [1.29, 1.82) is 0 Å². The van der Waals surface area contributed by atoms with Crippen molar-refractivity contribution < 1.29 is 44.6 Å². The first kappa shape index (κ1) is 23.9. The average Bonchev–Trinajstić information content (AvgIpc) is 2.64. The average molecular weight is 450 g/mol. The molecule has 0 unspecified atom stereocenters. The SMILES string of the molecule is O=S(=O)(c1cc(C(F)(F)F)cc(C(F)(F)F)c1)N1CCN(CCOCCO)CC1. The van der Waals surface area contributed by atoms with Gasteiger partial charge in [-0.1, -0.05) is 0 Å². The van der Waals surface area contributed by atoms with E-state index in [1.165, 1.54) is 0 Å². The van der Waals surface area contributed by atoms with E-state index in [-0.39, 0.29) is 57.6 Å². The summed E-state index contributed by atoms with van der Waals surface area (Å²) in [5, 5.41) is 8.62. The summed E-state index contributed by atoms with van der Waals surface area (Å²) in [6.45, 7) is 1.10. The summed E-state index contributed by atoms with van der Waals surface area (Å²) in [5.41, 5.74) is -3.35. The van der Waals surface area contributed by atoms with Crippen LogP contribution in [-0.2, 0) is 27.1 Å². The van der Waals surface area contributed by atoms with E-state index in [1.807, 2.05) is 4.90 Å². The molecule has 1 fully saturated rings. The minimum atomic E-state index is -5.13. The molecule has 1 aliphatic heterocycles. The van der Waals surface area contributed by atoms with E-state index in [0.717, 1.165) is 4.31 Å². The number of benzene rings is 1. The van der Waals surface area contributed by atoms with Gasteiger partial charge in [-0.25, -0.2) is 8.42 Å². The van der Waals surface area contributed by atoms with Crippen LogP contribution in [0, 0.1) is 0 Å². The molecule has 0 atom stereocenters. The van der Waals surface area contributed by atoms with Crippen LogP contribution in [0.4, 0.5) is 26.3 Å². The second-order valence-corrected chi connectivity index (χ2v) is 8.26. The zero-order chi connectivity index (χ0) is 21.9. The molecular weight excluding hydrogens is 430 g/mol. The van der Waals surface area contributed by atoms with Crippen molar-refractivity contribution in [3.8, 4) is 0 Å². The van der Waals surface area contributed by atoms with Crippen LogP contribution in [-0.4, -0.2) is 75.3 Å². The highest BCUT2D eigenvalue weighted by atomic mass is 32.2. The lowest BCUT2D eigenvalue weighted by molar-refractivity contribution is -0.143. The van der Waals surface area contributed by atoms with Crippen molar-refractivity contribution in [2.75, 3.05) is 52.5 Å². The normalized spacial score (nSPS) is 17.6. The summed E-state index contributed by atoms with van der Waals surface area (Å²) in [6, 6.07) is 0.336. The number of sulfonamides is 1. The minimum Gasteiger partial charge on any atom is -0.394 e. The quantitative estimate of drug-likeness (QED) is 0.509. The van der Waals surface area contributed by atoms with Crippen LogP contribution in [0.1, 0.15) is 11.1 Å². The van der Waals surface area contributed by atoms with Crippen molar-refractivity contribution in [3.05, 3.63) is 29.3 Å². The molecule has 1 heterocycles. The number of piperazine rings is 1. The van der Waals surface area contributed by atoms with Gasteiger partial charge in [0.1, 0.15) is 0 Å². The fourth-order valence-electron chi connectivity index (χ4n) is 2.78. The van der Waals surface area contributed by atoms with Gasteiger partial charge in [0, 0.05) is 32.7 Å². The summed E-state index contributed by atoms with van der Waals surface area (Å²) < 4.78 is 109. The number of nitrogens with zero attached hydrogens (tertiary/aromatic N) is 2. The zero-order valence-corrected chi connectivity index (χ0v) is 15.9. The largest absolute Gasteiger partial charge is 0.416 e. The lowest BCUT2D eigenvalue weighted by atomic mass is 10.1. The number of hydrogen-bond acceptors (Lipinski definition) is 5. The topological polar surface area (TPSA) is 70.1 Å². The molecule has 6 nitrogen and oxygen atoms in total. The highest BCUT2D eigenvalue weighted by Gasteiger charge is 2.39. The first-order valence-corrected chi connectivity index (χ1v) is 10.0. The number of ether oxygens (including phenoxy) is 1. The summed E-state index contributed by atoms with van der Waals surface area (Å²) in [7, 11) is -4.54. The molecule has 0 bridgehead atoms. The van der Waals surface area contributed by atoms with Crippen LogP contribution in [0.25, 0.3) is 0 Å². The third kappa shape index (κ3) is 6.28. The van der Waals surface area contributed by atoms with Gasteiger partial charge in [0.2, 0.25) is 10.0 Å². The molecule has 1 aromatic rings. The highest BCUT2D eigenvalue weighted by Crippen LogP contribution is 2.37. The van der Waals surface area contributed by atoms with Crippen LogP contribution >= 0.6 is 0 Å². The molecule has 0 aliphatic carbocycles. The minimum absolute atomic E-state index is 0.0834. The molecule has 1 N–H and O–H groups in total. The van der Waals surface area contributed by atoms with Crippen molar-refractivity contribution in [2.45, 2.75) is 17.2 Å². The van der Waals surface area contributed by atoms with Gasteiger partial charge in [-0.3, -0.25) is 4.90 Å². The predicted molar refractivity (Wildman–Crippen MR) is 89.5 cm³/mol. The molecule has 1 aliphatic rings. The lowest BCUT2D eigenvalue weighted by Crippen LogP contribution is -2.49. The second kappa shape index (κ2) is 9.16. The zero-order valence-electron chi connectivity index (χ0n) is 15.1. The number of aliphatic hydroxyl groups excluding tert-OH is 1. The number of alkyl halides is 6. The molecular formula is C16H20F6N2O4S. The highest BCUT2D eigenvalue weighted by molar-refractivity contribution is 7.89. The van der Waals surface area contributed by atoms with Gasteiger partial charge in [-0.15, -0.1) is 0 Å². The van der Waals surface area contributed by atoms with Gasteiger partial charge in [-0.05, 0) is 18.2 Å². The van der Waals surface area contributed by atoms with Crippen LogP contribution in [0.15, 0.2) is 23.1 Å². The maximum absolute atomic E-state index is 13.0. The summed E-state index contributed by atoms with van der Waals surface area (Å²) in [5.74, 6) is 0. The van der Waals surface area contributed by atoms with Crippen LogP contribution in [0.5, 0.6) is 0 Å². The van der Waals surface area contributed by atoms with Gasteiger partial charge in [0.15, 0.2) is 0 Å². The predicted octanol–water partition coefficient (Wildman–Crippen LogP) is 2.04. The Kier molecular flexibility index (Phi) is 7.54. The molecule has 0 saturated carbocycles. The molecule has 0 radical (unpaired) electrons. The second-order valence-electron chi connectivity index (χ2n) is 6.32. The van der Waals surface area contributed by atoms with Crippen molar-refractivity contribution in [3.63, 3.8) is 0 Å². The fourth-order valence-corrected chi connectivity index (χ4v) is 4.27. The van der Waals surface area contributed by atoms with Gasteiger partial charge >= 0.3 is 12.4 Å². The van der Waals surface area contributed by atoms with Crippen molar-refractivity contribution in [2.24, 2.45) is 0 Å². The Labute approximate surface area is 163 Å². The molecule has 0 aromatic heterocycles. The molecule has 0 amide bonds. The Morgan fingerprint density at radius 1 is 0.897 bits per heavy atom. The van der Waals surface area contributed by atoms with E-state index >= 15 is 0 Å². The van der Waals surface area contributed by atoms with Crippen molar-refractivity contribution in [1.82, 2.24) is 9.21 Å². The third-order valence-corrected chi connectivity index (χ3v) is 6.19. The molecule has 13 heteroatoms. The molecule has 166 valence electrons. The van der Waals surface area contributed by atoms with Crippen molar-refractivity contribution >= 4 is 10.0 Å². The third-order valence-electron chi connectivity index (χ3n) is 4.32. The Morgan fingerprint density at radius 2 is 1.41 bits per heavy atom. The van der Waals surface area contributed by atoms with Gasteiger partial charge < -0.3 is 9.84 Å². The fraction of sp³-hybridized carbons (Fsp3) is 0.625. The Hall–Kier alpha value is -1.41. The van der Waals surface area contributed by atoms with E-state index in [1.54, 1.807) is 0 Å². The Morgan fingerprint density at radius 3 is 1.86 bits per heavy atom. The van der Waals surface area contributed by atoms with E-state index in [2.05, 4.69) is 0 Å². The maximum Gasteiger partial charge on any atom is 0.416 e. The number of hydrogen-bond donors (Lipinski definition) is 1. The number of rotatable bonds is 7. The first-order chi connectivity index (χ1) is 13.4. The Bertz CT molecular complexity index is 757. The summed E-state index contributed by atoms with van der Waals surface area (Å²) in [6.07, 6.45) is -10.3. The number of halogens is 6. The number of aliphatic hydroxyl groups is 1. The smallest absolute Gasteiger partial charge is 0.394 e. The molecule has 29 heavy (non-hydrogen) atoms. The van der Waals surface area contributed by atoms with Gasteiger partial charge in [-0.2, -0.15) is 30.6 Å². The van der Waals surface area contributed by atoms with E-state index < -0.39 is 38.4 Å². The lowest BCUT2D eigenvalue weighted by Gasteiger charge is -2.34. The Balaban J connectivity index is 2.19. The van der Waals surface area contributed by atoms with Crippen LogP contribution < -0.4 is 0 Å². The molecule has 1 saturated heterocycles. The van der Waals surface area contributed by atoms with Gasteiger partial charge in [0.05, 0.1) is 35.8 Å². The molecule has 1 aromatic carbocycles. The van der Waals surface area contributed by atoms with E-state index in [4.69, 9.17) is 9.84 Å². The summed E-state index contributed by atoms with van der Waals surface area (Å²) in [4.78, 5) is 0.802. The monoisotopic (exact) mass is 450 g/mol. The van der Waals surface area contributed by atoms with E-state index in [9.17, 15) is 34.8 Å². The van der Waals surface area contributed by atoms with Crippen LogP contribution in [0.2, 0.25) is 0 Å². The maximum atomic E-state index is 13.0. The van der Waals surface area contributed by atoms with E-state index in [0.29, 0.717) is 13.2 Å². The molecule has 0 spiro atoms. The standard InChI is InChI=1S/C16H20F6N2O4S/c17-15(18,19)12-9-13(16(20,21)22)11-14(10-12)29(26,27)24-3-1-23(2-4-24)5-7-28-8-6-25/h9-11,25H,1-8H2. The van der Waals surface area contributed by atoms with Crippen LogP contribution in [0.3, 0.4) is 0 Å². The first-order valence-electron chi connectivity index (χ1n) is 8.56. The van der Waals surface area contributed by atoms with Gasteiger partial charge in [0.25, 0.3) is 0 Å². The summed E-state index contributed by atoms with van der Waals surface area (Å²) >= 11 is 0.